The summed E-state index contributed by atoms with van der Waals surface area (Å²) in [5.41, 5.74) is 0.292. The third kappa shape index (κ3) is 4.32. The summed E-state index contributed by atoms with van der Waals surface area (Å²) in [4.78, 5) is 27.8. The molecule has 2 aromatic rings. The Bertz CT molecular complexity index is 1100. The molecule has 3 fully saturated rings. The van der Waals surface area contributed by atoms with E-state index in [1.807, 2.05) is 6.07 Å². The van der Waals surface area contributed by atoms with Crippen LogP contribution in [0, 0.1) is 0 Å². The number of amides is 1. The molecule has 34 heavy (non-hydrogen) atoms. The van der Waals surface area contributed by atoms with Crippen LogP contribution in [-0.4, -0.2) is 44.9 Å². The van der Waals surface area contributed by atoms with Crippen molar-refractivity contribution < 1.29 is 18.6 Å². The molecule has 1 aromatic carbocycles. The summed E-state index contributed by atoms with van der Waals surface area (Å²) in [7, 11) is -1.25. The van der Waals surface area contributed by atoms with Gasteiger partial charge in [0.25, 0.3) is 8.53 Å². The molecule has 10 heteroatoms. The molecule has 5 rings (SSSR count). The van der Waals surface area contributed by atoms with Gasteiger partial charge < -0.3 is 19.1 Å². The molecule has 0 bridgehead atoms. The maximum absolute atomic E-state index is 12.6. The lowest BCUT2D eigenvalue weighted by Crippen LogP contribution is -2.36. The first kappa shape index (κ1) is 23.6. The number of nitrogens with zero attached hydrogens (tertiary/aromatic N) is 3. The van der Waals surface area contributed by atoms with Crippen molar-refractivity contribution >= 4 is 20.3 Å². The van der Waals surface area contributed by atoms with Crippen LogP contribution in [0.4, 0.5) is 5.82 Å². The van der Waals surface area contributed by atoms with Crippen molar-refractivity contribution in [2.75, 3.05) is 11.9 Å². The molecule has 3 aliphatic heterocycles. The van der Waals surface area contributed by atoms with E-state index in [0.29, 0.717) is 6.42 Å². The van der Waals surface area contributed by atoms with Gasteiger partial charge in [-0.05, 0) is 37.8 Å². The average Bonchev–Trinajstić information content (AvgIpc) is 3.51. The van der Waals surface area contributed by atoms with E-state index in [0.717, 1.165) is 25.8 Å². The average molecular weight is 487 g/mol. The van der Waals surface area contributed by atoms with Gasteiger partial charge in [0.05, 0.1) is 18.2 Å². The van der Waals surface area contributed by atoms with Gasteiger partial charge in [-0.15, -0.1) is 0 Å². The van der Waals surface area contributed by atoms with Crippen LogP contribution in [0.2, 0.25) is 0 Å². The number of anilines is 1. The van der Waals surface area contributed by atoms with Crippen molar-refractivity contribution in [3.8, 4) is 0 Å². The molecule has 3 aliphatic rings. The first-order valence-corrected chi connectivity index (χ1v) is 13.0. The van der Waals surface area contributed by atoms with Crippen LogP contribution in [-0.2, 0) is 24.2 Å². The number of carbonyl (C=O) groups excluding carboxylic acids is 1. The highest BCUT2D eigenvalue weighted by Gasteiger charge is 2.56. The Labute approximate surface area is 200 Å². The van der Waals surface area contributed by atoms with Gasteiger partial charge in [0, 0.05) is 26.1 Å². The Morgan fingerprint density at radius 2 is 2.12 bits per heavy atom. The van der Waals surface area contributed by atoms with E-state index >= 15 is 0 Å². The number of benzene rings is 1. The molecule has 4 heterocycles. The quantitative estimate of drug-likeness (QED) is 0.619. The molecular weight excluding hydrogens is 455 g/mol. The summed E-state index contributed by atoms with van der Waals surface area (Å²) in [6, 6.07) is 12.3. The van der Waals surface area contributed by atoms with Crippen LogP contribution < -0.4 is 11.0 Å². The van der Waals surface area contributed by atoms with Crippen molar-refractivity contribution in [3.63, 3.8) is 0 Å². The Balaban J connectivity index is 1.33. The normalized spacial score (nSPS) is 33.2. The molecule has 1 N–H and O–H groups in total. The van der Waals surface area contributed by atoms with Gasteiger partial charge in [-0.3, -0.25) is 9.36 Å². The van der Waals surface area contributed by atoms with Gasteiger partial charge in [0.2, 0.25) is 5.91 Å². The van der Waals surface area contributed by atoms with E-state index in [1.165, 1.54) is 17.1 Å². The van der Waals surface area contributed by atoms with E-state index in [-0.39, 0.29) is 30.0 Å². The molecule has 9 nitrogen and oxygen atoms in total. The van der Waals surface area contributed by atoms with E-state index in [2.05, 4.69) is 53.1 Å². The van der Waals surface area contributed by atoms with Crippen molar-refractivity contribution in [2.24, 2.45) is 0 Å². The van der Waals surface area contributed by atoms with Gasteiger partial charge in [0.15, 0.2) is 0 Å². The zero-order chi connectivity index (χ0) is 23.9. The Kier molecular flexibility index (Phi) is 6.57. The standard InChI is InChI=1S/C24H31N4O5P/c1-4-18-19(15-22(31-18)27-14-12-21(25-16(2)29)26-23(27)30)32-34-28-13-8-11-20(28)24(3,33-34)17-9-6-5-7-10-17/h5-7,9-10,12,14,18-20,22H,4,8,11,13,15H2,1-3H3,(H,25,26,29,30)/t18-,19-,20+,22-,24-,34+/m1/s1. The lowest BCUT2D eigenvalue weighted by atomic mass is 9.87. The number of aromatic nitrogens is 2. The van der Waals surface area contributed by atoms with E-state index in [1.54, 1.807) is 12.3 Å². The monoisotopic (exact) mass is 486 g/mol. The zero-order valence-corrected chi connectivity index (χ0v) is 20.6. The van der Waals surface area contributed by atoms with Crippen LogP contribution in [0.3, 0.4) is 0 Å². The predicted octanol–water partition coefficient (Wildman–Crippen LogP) is 3.92. The number of hydrogen-bond acceptors (Lipinski definition) is 7. The minimum atomic E-state index is -1.25. The number of rotatable bonds is 6. The highest BCUT2D eigenvalue weighted by Crippen LogP contribution is 2.64. The summed E-state index contributed by atoms with van der Waals surface area (Å²) in [6.07, 6.45) is 4.29. The maximum Gasteiger partial charge on any atom is 0.351 e. The van der Waals surface area contributed by atoms with Crippen molar-refractivity contribution in [3.05, 3.63) is 58.6 Å². The molecule has 0 spiro atoms. The summed E-state index contributed by atoms with van der Waals surface area (Å²) < 4.78 is 23.4. The molecule has 1 aromatic heterocycles. The number of nitrogens with one attached hydrogen (secondary N) is 1. The highest BCUT2D eigenvalue weighted by atomic mass is 31.2. The van der Waals surface area contributed by atoms with Crippen LogP contribution >= 0.6 is 8.53 Å². The molecule has 3 saturated heterocycles. The van der Waals surface area contributed by atoms with E-state index in [4.69, 9.17) is 13.8 Å². The third-order valence-electron chi connectivity index (χ3n) is 6.94. The lowest BCUT2D eigenvalue weighted by Gasteiger charge is -2.29. The smallest absolute Gasteiger partial charge is 0.351 e. The Hall–Kier alpha value is -2.16. The topological polar surface area (TPSA) is 94.9 Å². The summed E-state index contributed by atoms with van der Waals surface area (Å²) in [5, 5.41) is 2.53. The zero-order valence-electron chi connectivity index (χ0n) is 19.7. The largest absolute Gasteiger partial charge is 0.352 e. The van der Waals surface area contributed by atoms with Crippen LogP contribution in [0.1, 0.15) is 58.2 Å². The number of fused-ring (bicyclic) bond motifs is 1. The third-order valence-corrected chi connectivity index (χ3v) is 8.82. The fourth-order valence-electron chi connectivity index (χ4n) is 5.22. The Morgan fingerprint density at radius 1 is 1.32 bits per heavy atom. The lowest BCUT2D eigenvalue weighted by molar-refractivity contribution is -0.114. The fourth-order valence-corrected chi connectivity index (χ4v) is 7.36. The molecule has 0 aliphatic carbocycles. The molecule has 0 saturated carbocycles. The minimum absolute atomic E-state index is 0.150. The first-order valence-electron chi connectivity index (χ1n) is 11.9. The minimum Gasteiger partial charge on any atom is -0.352 e. The fraction of sp³-hybridized carbons (Fsp3) is 0.542. The number of hydrogen-bond donors (Lipinski definition) is 1. The summed E-state index contributed by atoms with van der Waals surface area (Å²) in [6.45, 7) is 6.56. The second-order valence-corrected chi connectivity index (χ2v) is 10.6. The SMILES string of the molecule is CC[C@H]1O[C@@H](n2ccc(NC(C)=O)nc2=O)C[C@H]1O[P@@]1O[C@](C)(c2ccccc2)[C@@H]2CCCN21. The predicted molar refractivity (Wildman–Crippen MR) is 128 cm³/mol. The summed E-state index contributed by atoms with van der Waals surface area (Å²) in [5.74, 6) is -0.0439. The van der Waals surface area contributed by atoms with Gasteiger partial charge in [-0.25, -0.2) is 9.46 Å². The maximum atomic E-state index is 12.6. The number of carbonyl (C=O) groups is 1. The second-order valence-electron chi connectivity index (χ2n) is 9.22. The molecule has 182 valence electrons. The molecule has 6 atom stereocenters. The first-order chi connectivity index (χ1) is 16.4. The molecule has 0 unspecified atom stereocenters. The van der Waals surface area contributed by atoms with Gasteiger partial charge in [-0.2, -0.15) is 4.98 Å². The van der Waals surface area contributed by atoms with Gasteiger partial charge >= 0.3 is 5.69 Å². The summed E-state index contributed by atoms with van der Waals surface area (Å²) >= 11 is 0. The van der Waals surface area contributed by atoms with Crippen LogP contribution in [0.5, 0.6) is 0 Å². The molecule has 1 amide bonds. The second kappa shape index (κ2) is 9.47. The van der Waals surface area contributed by atoms with Crippen molar-refractivity contribution in [1.29, 1.82) is 0 Å². The van der Waals surface area contributed by atoms with Gasteiger partial charge in [0.1, 0.15) is 17.6 Å². The van der Waals surface area contributed by atoms with Crippen LogP contribution in [0.25, 0.3) is 0 Å². The molecule has 0 radical (unpaired) electrons. The Morgan fingerprint density at radius 3 is 2.82 bits per heavy atom. The van der Waals surface area contributed by atoms with Crippen molar-refractivity contribution in [2.45, 2.75) is 76.5 Å². The van der Waals surface area contributed by atoms with Crippen LogP contribution in [0.15, 0.2) is 47.4 Å². The molecular formula is C24H31N4O5P. The number of ether oxygens (including phenoxy) is 1. The van der Waals surface area contributed by atoms with Crippen molar-refractivity contribution in [1.82, 2.24) is 14.2 Å². The van der Waals surface area contributed by atoms with Gasteiger partial charge in [-0.1, -0.05) is 37.3 Å². The van der Waals surface area contributed by atoms with E-state index in [9.17, 15) is 9.59 Å². The van der Waals surface area contributed by atoms with E-state index < -0.39 is 26.0 Å². The highest BCUT2D eigenvalue weighted by molar-refractivity contribution is 7.45.